The maximum Gasteiger partial charge on any atom is 0.265 e. The summed E-state index contributed by atoms with van der Waals surface area (Å²) in [4.78, 5) is 12.6. The standard InChI is InChI=1S/C11H20N4OS/c1-3-5-8(7-12)13-11(16)10-9(6-4-2)14-15-17-10/h8H,3-7,12H2,1-2H3,(H,13,16). The third kappa shape index (κ3) is 4.05. The smallest absolute Gasteiger partial charge is 0.265 e. The van der Waals surface area contributed by atoms with Crippen molar-refractivity contribution in [3.63, 3.8) is 0 Å². The Labute approximate surface area is 106 Å². The minimum atomic E-state index is -0.0904. The second kappa shape index (κ2) is 7.34. The quantitative estimate of drug-likeness (QED) is 0.771. The predicted molar refractivity (Wildman–Crippen MR) is 69.1 cm³/mol. The molecule has 1 amide bonds. The average molecular weight is 256 g/mol. The first-order chi connectivity index (χ1) is 8.22. The topological polar surface area (TPSA) is 80.9 Å². The summed E-state index contributed by atoms with van der Waals surface area (Å²) in [5.41, 5.74) is 6.41. The molecule has 1 rings (SSSR count). The SMILES string of the molecule is CCCc1nnsc1C(=O)NC(CN)CCC. The number of rotatable bonds is 7. The van der Waals surface area contributed by atoms with E-state index in [9.17, 15) is 4.79 Å². The molecule has 0 aliphatic heterocycles. The van der Waals surface area contributed by atoms with Gasteiger partial charge in [0.2, 0.25) is 0 Å². The van der Waals surface area contributed by atoms with Crippen molar-refractivity contribution in [2.24, 2.45) is 5.73 Å². The molecule has 0 saturated heterocycles. The number of aryl methyl sites for hydroxylation is 1. The number of amides is 1. The van der Waals surface area contributed by atoms with Crippen LogP contribution in [0.3, 0.4) is 0 Å². The van der Waals surface area contributed by atoms with Crippen LogP contribution in [0.4, 0.5) is 0 Å². The van der Waals surface area contributed by atoms with Crippen LogP contribution in [0.1, 0.15) is 48.5 Å². The molecule has 17 heavy (non-hydrogen) atoms. The molecule has 0 fully saturated rings. The molecule has 0 aliphatic carbocycles. The molecule has 1 aromatic rings. The summed E-state index contributed by atoms with van der Waals surface area (Å²) < 4.78 is 3.84. The normalized spacial score (nSPS) is 12.4. The summed E-state index contributed by atoms with van der Waals surface area (Å²) in [6, 6.07) is 0.0454. The van der Waals surface area contributed by atoms with Crippen LogP contribution in [0.25, 0.3) is 0 Å². The predicted octanol–water partition coefficient (Wildman–Crippen LogP) is 1.35. The van der Waals surface area contributed by atoms with Gasteiger partial charge in [0.05, 0.1) is 5.69 Å². The number of hydrogen-bond donors (Lipinski definition) is 2. The second-order valence-electron chi connectivity index (χ2n) is 3.99. The van der Waals surface area contributed by atoms with Gasteiger partial charge in [-0.1, -0.05) is 31.2 Å². The summed E-state index contributed by atoms with van der Waals surface area (Å²) >= 11 is 1.15. The Morgan fingerprint density at radius 3 is 2.82 bits per heavy atom. The molecule has 96 valence electrons. The Hall–Kier alpha value is -1.01. The first-order valence-electron chi connectivity index (χ1n) is 6.05. The molecule has 0 aliphatic rings. The van der Waals surface area contributed by atoms with Crippen LogP contribution in [0.15, 0.2) is 0 Å². The van der Waals surface area contributed by atoms with Gasteiger partial charge in [0.25, 0.3) is 5.91 Å². The van der Waals surface area contributed by atoms with Gasteiger partial charge < -0.3 is 11.1 Å². The van der Waals surface area contributed by atoms with Crippen molar-refractivity contribution < 1.29 is 4.79 Å². The summed E-state index contributed by atoms with van der Waals surface area (Å²) in [5, 5.41) is 6.92. The van der Waals surface area contributed by atoms with E-state index in [0.29, 0.717) is 11.4 Å². The highest BCUT2D eigenvalue weighted by molar-refractivity contribution is 7.08. The molecule has 1 unspecified atom stereocenters. The highest BCUT2D eigenvalue weighted by Crippen LogP contribution is 2.12. The average Bonchev–Trinajstić information content (AvgIpc) is 2.77. The van der Waals surface area contributed by atoms with E-state index in [0.717, 1.165) is 42.9 Å². The largest absolute Gasteiger partial charge is 0.347 e. The van der Waals surface area contributed by atoms with Gasteiger partial charge in [-0.2, -0.15) is 0 Å². The summed E-state index contributed by atoms with van der Waals surface area (Å²) in [7, 11) is 0. The van der Waals surface area contributed by atoms with Crippen LogP contribution >= 0.6 is 11.5 Å². The molecule has 1 aromatic heterocycles. The molecule has 0 radical (unpaired) electrons. The maximum absolute atomic E-state index is 12.0. The first kappa shape index (κ1) is 14.1. The van der Waals surface area contributed by atoms with Crippen LogP contribution in [-0.4, -0.2) is 28.1 Å². The van der Waals surface area contributed by atoms with E-state index in [1.165, 1.54) is 0 Å². The summed E-state index contributed by atoms with van der Waals surface area (Å²) in [6.45, 7) is 4.60. The lowest BCUT2D eigenvalue weighted by Gasteiger charge is -2.15. The van der Waals surface area contributed by atoms with Gasteiger partial charge in [-0.05, 0) is 24.4 Å². The van der Waals surface area contributed by atoms with Gasteiger partial charge in [0, 0.05) is 12.6 Å². The fraction of sp³-hybridized carbons (Fsp3) is 0.727. The van der Waals surface area contributed by atoms with Crippen LogP contribution in [0, 0.1) is 0 Å². The third-order valence-corrected chi connectivity index (χ3v) is 3.27. The molecule has 0 saturated carbocycles. The Balaban J connectivity index is 2.64. The Morgan fingerprint density at radius 1 is 1.47 bits per heavy atom. The van der Waals surface area contributed by atoms with E-state index in [1.54, 1.807) is 0 Å². The molecular weight excluding hydrogens is 236 g/mol. The van der Waals surface area contributed by atoms with E-state index in [2.05, 4.69) is 28.8 Å². The molecule has 0 spiro atoms. The highest BCUT2D eigenvalue weighted by atomic mass is 32.1. The molecule has 0 bridgehead atoms. The number of nitrogens with zero attached hydrogens (tertiary/aromatic N) is 2. The molecule has 6 heteroatoms. The number of aromatic nitrogens is 2. The monoisotopic (exact) mass is 256 g/mol. The minimum Gasteiger partial charge on any atom is -0.347 e. The lowest BCUT2D eigenvalue weighted by atomic mass is 10.1. The van der Waals surface area contributed by atoms with Gasteiger partial charge in [0.1, 0.15) is 4.88 Å². The van der Waals surface area contributed by atoms with Gasteiger partial charge in [-0.25, -0.2) is 0 Å². The van der Waals surface area contributed by atoms with Crippen molar-refractivity contribution in [1.29, 1.82) is 0 Å². The van der Waals surface area contributed by atoms with Crippen LogP contribution in [0.2, 0.25) is 0 Å². The second-order valence-corrected chi connectivity index (χ2v) is 4.75. The van der Waals surface area contributed by atoms with E-state index in [1.807, 2.05) is 0 Å². The van der Waals surface area contributed by atoms with Crippen molar-refractivity contribution in [2.45, 2.75) is 45.6 Å². The first-order valence-corrected chi connectivity index (χ1v) is 6.82. The van der Waals surface area contributed by atoms with Crippen LogP contribution in [-0.2, 0) is 6.42 Å². The zero-order valence-corrected chi connectivity index (χ0v) is 11.2. The molecule has 1 atom stereocenters. The number of carbonyl (C=O) groups is 1. The van der Waals surface area contributed by atoms with Crippen LogP contribution < -0.4 is 11.1 Å². The molecule has 5 nitrogen and oxygen atoms in total. The third-order valence-electron chi connectivity index (χ3n) is 2.51. The van der Waals surface area contributed by atoms with E-state index >= 15 is 0 Å². The van der Waals surface area contributed by atoms with Gasteiger partial charge in [-0.3, -0.25) is 4.79 Å². The van der Waals surface area contributed by atoms with Gasteiger partial charge in [0.15, 0.2) is 0 Å². The Bertz CT molecular complexity index is 353. The fourth-order valence-electron chi connectivity index (χ4n) is 1.63. The molecular formula is C11H20N4OS. The van der Waals surface area contributed by atoms with Crippen molar-refractivity contribution >= 4 is 17.4 Å². The zero-order valence-electron chi connectivity index (χ0n) is 10.4. The van der Waals surface area contributed by atoms with Gasteiger partial charge >= 0.3 is 0 Å². The zero-order chi connectivity index (χ0) is 12.7. The Kier molecular flexibility index (Phi) is 6.07. The molecule has 3 N–H and O–H groups in total. The number of nitrogens with two attached hydrogens (primary N) is 1. The van der Waals surface area contributed by atoms with Crippen molar-refractivity contribution in [1.82, 2.24) is 14.9 Å². The van der Waals surface area contributed by atoms with E-state index in [4.69, 9.17) is 5.73 Å². The van der Waals surface area contributed by atoms with Crippen molar-refractivity contribution in [3.05, 3.63) is 10.6 Å². The van der Waals surface area contributed by atoms with Crippen LogP contribution in [0.5, 0.6) is 0 Å². The number of hydrogen-bond acceptors (Lipinski definition) is 5. The van der Waals surface area contributed by atoms with E-state index < -0.39 is 0 Å². The summed E-state index contributed by atoms with van der Waals surface area (Å²) in [5.74, 6) is -0.0904. The molecule has 0 aromatic carbocycles. The maximum atomic E-state index is 12.0. The van der Waals surface area contributed by atoms with Crippen molar-refractivity contribution in [2.75, 3.05) is 6.54 Å². The molecule has 1 heterocycles. The summed E-state index contributed by atoms with van der Waals surface area (Å²) in [6.07, 6.45) is 3.66. The fourth-order valence-corrected chi connectivity index (χ4v) is 2.24. The minimum absolute atomic E-state index is 0.0454. The van der Waals surface area contributed by atoms with E-state index in [-0.39, 0.29) is 11.9 Å². The Morgan fingerprint density at radius 2 is 2.24 bits per heavy atom. The lowest BCUT2D eigenvalue weighted by molar-refractivity contribution is 0.0939. The van der Waals surface area contributed by atoms with Gasteiger partial charge in [-0.15, -0.1) is 5.10 Å². The number of nitrogens with one attached hydrogen (secondary N) is 1. The highest BCUT2D eigenvalue weighted by Gasteiger charge is 2.18. The lowest BCUT2D eigenvalue weighted by Crippen LogP contribution is -2.40. The van der Waals surface area contributed by atoms with Crippen molar-refractivity contribution in [3.8, 4) is 0 Å². The number of carbonyl (C=O) groups excluding carboxylic acids is 1.